The molecule has 3 rings (SSSR count). The standard InChI is InChI=1S/C17H14BrNO2/c1-21-17(20)12-7-3-2-6-11(12)10-14-13-8-4-5-9-15(13)19-16(14)18/h2-9,19H,10H2,1H3. The lowest BCUT2D eigenvalue weighted by molar-refractivity contribution is 0.0599. The van der Waals surface area contributed by atoms with E-state index in [1.54, 1.807) is 6.07 Å². The van der Waals surface area contributed by atoms with Gasteiger partial charge in [-0.05, 0) is 39.2 Å². The van der Waals surface area contributed by atoms with Gasteiger partial charge in [0.15, 0.2) is 0 Å². The molecule has 2 aromatic carbocycles. The molecular weight excluding hydrogens is 330 g/mol. The van der Waals surface area contributed by atoms with Crippen LogP contribution < -0.4 is 0 Å². The van der Waals surface area contributed by atoms with Gasteiger partial charge in [-0.2, -0.15) is 0 Å². The molecule has 0 saturated heterocycles. The number of rotatable bonds is 3. The lowest BCUT2D eigenvalue weighted by Gasteiger charge is -2.07. The number of carbonyl (C=O) groups is 1. The van der Waals surface area contributed by atoms with Crippen LogP contribution in [0.15, 0.2) is 53.1 Å². The van der Waals surface area contributed by atoms with Gasteiger partial charge in [0, 0.05) is 17.3 Å². The topological polar surface area (TPSA) is 42.1 Å². The smallest absolute Gasteiger partial charge is 0.338 e. The number of aromatic nitrogens is 1. The summed E-state index contributed by atoms with van der Waals surface area (Å²) in [7, 11) is 1.40. The molecule has 4 heteroatoms. The van der Waals surface area contributed by atoms with Gasteiger partial charge in [-0.3, -0.25) is 0 Å². The highest BCUT2D eigenvalue weighted by molar-refractivity contribution is 9.10. The maximum Gasteiger partial charge on any atom is 0.338 e. The zero-order chi connectivity index (χ0) is 14.8. The summed E-state index contributed by atoms with van der Waals surface area (Å²) in [6.45, 7) is 0. The Morgan fingerprint density at radius 3 is 2.67 bits per heavy atom. The average molecular weight is 344 g/mol. The second kappa shape index (κ2) is 5.74. The van der Waals surface area contributed by atoms with Crippen LogP contribution in [0.4, 0.5) is 0 Å². The summed E-state index contributed by atoms with van der Waals surface area (Å²) in [4.78, 5) is 15.2. The molecule has 1 heterocycles. The zero-order valence-electron chi connectivity index (χ0n) is 11.5. The van der Waals surface area contributed by atoms with Crippen LogP contribution in [0.3, 0.4) is 0 Å². The summed E-state index contributed by atoms with van der Waals surface area (Å²) in [6.07, 6.45) is 0.663. The third kappa shape index (κ3) is 2.59. The minimum Gasteiger partial charge on any atom is -0.465 e. The number of para-hydroxylation sites is 1. The number of benzene rings is 2. The number of carbonyl (C=O) groups excluding carboxylic acids is 1. The molecular formula is C17H14BrNO2. The summed E-state index contributed by atoms with van der Waals surface area (Å²) >= 11 is 3.57. The first kappa shape index (κ1) is 13.9. The van der Waals surface area contributed by atoms with Gasteiger partial charge in [-0.15, -0.1) is 0 Å². The number of methoxy groups -OCH3 is 1. The number of hydrogen-bond donors (Lipinski definition) is 1. The Kier molecular flexibility index (Phi) is 3.80. The molecule has 0 atom stereocenters. The summed E-state index contributed by atoms with van der Waals surface area (Å²) in [5, 5.41) is 1.16. The van der Waals surface area contributed by atoms with Crippen molar-refractivity contribution in [1.29, 1.82) is 0 Å². The van der Waals surface area contributed by atoms with Crippen LogP contribution in [-0.4, -0.2) is 18.1 Å². The zero-order valence-corrected chi connectivity index (χ0v) is 13.1. The summed E-state index contributed by atoms with van der Waals surface area (Å²) in [5.41, 5.74) is 3.78. The minimum absolute atomic E-state index is 0.304. The summed E-state index contributed by atoms with van der Waals surface area (Å²) < 4.78 is 5.80. The van der Waals surface area contributed by atoms with E-state index in [4.69, 9.17) is 4.74 Å². The SMILES string of the molecule is COC(=O)c1ccccc1Cc1c(Br)[nH]c2ccccc12. The van der Waals surface area contributed by atoms with Crippen LogP contribution in [0.25, 0.3) is 10.9 Å². The second-order valence-electron chi connectivity index (χ2n) is 4.79. The molecule has 3 aromatic rings. The highest BCUT2D eigenvalue weighted by atomic mass is 79.9. The third-order valence-electron chi connectivity index (χ3n) is 3.55. The summed E-state index contributed by atoms with van der Waals surface area (Å²) in [5.74, 6) is -0.304. The predicted octanol–water partition coefficient (Wildman–Crippen LogP) is 4.31. The number of esters is 1. The molecule has 0 bridgehead atoms. The second-order valence-corrected chi connectivity index (χ2v) is 5.58. The number of halogens is 1. The molecule has 0 spiro atoms. The van der Waals surface area contributed by atoms with E-state index in [-0.39, 0.29) is 5.97 Å². The highest BCUT2D eigenvalue weighted by Crippen LogP contribution is 2.29. The van der Waals surface area contributed by atoms with Gasteiger partial charge < -0.3 is 9.72 Å². The molecule has 21 heavy (non-hydrogen) atoms. The molecule has 0 aliphatic carbocycles. The molecule has 0 aliphatic rings. The fourth-order valence-electron chi connectivity index (χ4n) is 2.51. The Labute approximate surface area is 131 Å². The maximum absolute atomic E-state index is 11.9. The Hall–Kier alpha value is -2.07. The Morgan fingerprint density at radius 2 is 1.86 bits per heavy atom. The third-order valence-corrected chi connectivity index (χ3v) is 4.23. The van der Waals surface area contributed by atoms with Gasteiger partial charge in [-0.25, -0.2) is 4.79 Å². The van der Waals surface area contributed by atoms with Crippen molar-refractivity contribution >= 4 is 32.8 Å². The van der Waals surface area contributed by atoms with Crippen molar-refractivity contribution in [2.24, 2.45) is 0 Å². The predicted molar refractivity (Wildman–Crippen MR) is 86.6 cm³/mol. The van der Waals surface area contributed by atoms with Gasteiger partial charge in [-0.1, -0.05) is 36.4 Å². The van der Waals surface area contributed by atoms with E-state index in [1.807, 2.05) is 36.4 Å². The van der Waals surface area contributed by atoms with Gasteiger partial charge >= 0.3 is 5.97 Å². The first-order valence-electron chi connectivity index (χ1n) is 6.62. The van der Waals surface area contributed by atoms with Crippen LogP contribution in [0.1, 0.15) is 21.5 Å². The van der Waals surface area contributed by atoms with Gasteiger partial charge in [0.05, 0.1) is 17.3 Å². The van der Waals surface area contributed by atoms with E-state index in [9.17, 15) is 4.79 Å². The summed E-state index contributed by atoms with van der Waals surface area (Å²) in [6, 6.07) is 15.7. The Balaban J connectivity index is 2.07. The van der Waals surface area contributed by atoms with E-state index in [0.29, 0.717) is 12.0 Å². The van der Waals surface area contributed by atoms with Crippen molar-refractivity contribution in [3.63, 3.8) is 0 Å². The van der Waals surface area contributed by atoms with Crippen LogP contribution >= 0.6 is 15.9 Å². The number of nitrogens with one attached hydrogen (secondary N) is 1. The van der Waals surface area contributed by atoms with Crippen molar-refractivity contribution < 1.29 is 9.53 Å². The molecule has 0 aliphatic heterocycles. The number of hydrogen-bond acceptors (Lipinski definition) is 2. The van der Waals surface area contributed by atoms with E-state index >= 15 is 0 Å². The van der Waals surface area contributed by atoms with Gasteiger partial charge in [0.1, 0.15) is 0 Å². The number of ether oxygens (including phenoxy) is 1. The fourth-order valence-corrected chi connectivity index (χ4v) is 3.08. The van der Waals surface area contributed by atoms with Crippen molar-refractivity contribution in [2.45, 2.75) is 6.42 Å². The quantitative estimate of drug-likeness (QED) is 0.720. The molecule has 0 unspecified atom stereocenters. The monoisotopic (exact) mass is 343 g/mol. The molecule has 1 aromatic heterocycles. The molecule has 106 valence electrons. The Morgan fingerprint density at radius 1 is 1.14 bits per heavy atom. The lowest BCUT2D eigenvalue weighted by atomic mass is 9.99. The maximum atomic E-state index is 11.9. The van der Waals surface area contributed by atoms with Crippen molar-refractivity contribution in [2.75, 3.05) is 7.11 Å². The number of H-pyrrole nitrogens is 1. The Bertz CT molecular complexity index is 807. The average Bonchev–Trinajstić information content (AvgIpc) is 2.83. The molecule has 0 fully saturated rings. The van der Waals surface area contributed by atoms with Crippen LogP contribution in [0.5, 0.6) is 0 Å². The largest absolute Gasteiger partial charge is 0.465 e. The first-order valence-corrected chi connectivity index (χ1v) is 7.41. The van der Waals surface area contributed by atoms with E-state index in [1.165, 1.54) is 7.11 Å². The van der Waals surface area contributed by atoms with E-state index in [2.05, 4.69) is 27.0 Å². The van der Waals surface area contributed by atoms with Crippen LogP contribution in [0, 0.1) is 0 Å². The van der Waals surface area contributed by atoms with E-state index in [0.717, 1.165) is 26.6 Å². The number of aromatic amines is 1. The fraction of sp³-hybridized carbons (Fsp3) is 0.118. The molecule has 3 nitrogen and oxygen atoms in total. The highest BCUT2D eigenvalue weighted by Gasteiger charge is 2.15. The van der Waals surface area contributed by atoms with Crippen molar-refractivity contribution in [3.8, 4) is 0 Å². The van der Waals surface area contributed by atoms with Crippen molar-refractivity contribution in [1.82, 2.24) is 4.98 Å². The molecule has 0 saturated carbocycles. The normalized spacial score (nSPS) is 10.8. The molecule has 0 amide bonds. The molecule has 0 radical (unpaired) electrons. The molecule has 1 N–H and O–H groups in total. The first-order chi connectivity index (χ1) is 10.2. The minimum atomic E-state index is -0.304. The van der Waals surface area contributed by atoms with Crippen LogP contribution in [-0.2, 0) is 11.2 Å². The lowest BCUT2D eigenvalue weighted by Crippen LogP contribution is -2.06. The van der Waals surface area contributed by atoms with E-state index < -0.39 is 0 Å². The van der Waals surface area contributed by atoms with Crippen molar-refractivity contribution in [3.05, 3.63) is 69.8 Å². The number of fused-ring (bicyclic) bond motifs is 1. The van der Waals surface area contributed by atoms with Crippen LogP contribution in [0.2, 0.25) is 0 Å². The van der Waals surface area contributed by atoms with Gasteiger partial charge in [0.2, 0.25) is 0 Å². The van der Waals surface area contributed by atoms with Gasteiger partial charge in [0.25, 0.3) is 0 Å².